The third-order valence-electron chi connectivity index (χ3n) is 2.90. The third kappa shape index (κ3) is 4.42. The second-order valence-electron chi connectivity index (χ2n) is 4.87. The van der Waals surface area contributed by atoms with Gasteiger partial charge in [0, 0.05) is 18.5 Å². The molecule has 0 radical (unpaired) electrons. The van der Waals surface area contributed by atoms with Gasteiger partial charge in [-0.15, -0.1) is 0 Å². The molecule has 0 bridgehead atoms. The monoisotopic (exact) mass is 313 g/mol. The van der Waals surface area contributed by atoms with Gasteiger partial charge < -0.3 is 10.1 Å². The first kappa shape index (κ1) is 15.2. The van der Waals surface area contributed by atoms with Crippen LogP contribution in [0.2, 0.25) is 0 Å². The number of nitrogens with one attached hydrogen (secondary N) is 1. The molecule has 0 saturated carbocycles. The van der Waals surface area contributed by atoms with E-state index in [1.54, 1.807) is 0 Å². The van der Waals surface area contributed by atoms with Crippen molar-refractivity contribution >= 4 is 21.9 Å². The maximum absolute atomic E-state index is 11.2. The molecule has 0 amide bonds. The first-order valence-corrected chi connectivity index (χ1v) is 6.87. The van der Waals surface area contributed by atoms with Gasteiger partial charge in [-0.05, 0) is 5.56 Å². The molecule has 1 aromatic carbocycles. The fourth-order valence-electron chi connectivity index (χ4n) is 1.71. The van der Waals surface area contributed by atoms with Crippen LogP contribution in [0.5, 0.6) is 0 Å². The van der Waals surface area contributed by atoms with Crippen molar-refractivity contribution < 1.29 is 9.53 Å². The zero-order valence-corrected chi connectivity index (χ0v) is 12.7. The minimum Gasteiger partial charge on any atom is -0.468 e. The lowest BCUT2D eigenvalue weighted by Gasteiger charge is -2.26. The van der Waals surface area contributed by atoms with Gasteiger partial charge >= 0.3 is 5.97 Å². The quantitative estimate of drug-likeness (QED) is 0.648. The number of carbonyl (C=O) groups excluding carboxylic acids is 1. The summed E-state index contributed by atoms with van der Waals surface area (Å²) in [6, 6.07) is 10.3. The largest absolute Gasteiger partial charge is 0.468 e. The van der Waals surface area contributed by atoms with E-state index < -0.39 is 0 Å². The SMILES string of the molecule is COC(=O)C(Br)CNCC(C)(C)c1ccccc1. The Bertz CT molecular complexity index is 379. The number of hydrogen-bond acceptors (Lipinski definition) is 3. The molecule has 18 heavy (non-hydrogen) atoms. The van der Waals surface area contributed by atoms with E-state index >= 15 is 0 Å². The molecule has 1 unspecified atom stereocenters. The van der Waals surface area contributed by atoms with Crippen LogP contribution in [-0.4, -0.2) is 31.0 Å². The van der Waals surface area contributed by atoms with Crippen LogP contribution in [0.15, 0.2) is 30.3 Å². The lowest BCUT2D eigenvalue weighted by Crippen LogP contribution is -2.38. The van der Waals surface area contributed by atoms with Gasteiger partial charge in [0.25, 0.3) is 0 Å². The molecular formula is C14H20BrNO2. The molecule has 0 aliphatic carbocycles. The number of methoxy groups -OCH3 is 1. The molecule has 0 saturated heterocycles. The van der Waals surface area contributed by atoms with Gasteiger partial charge in [0.2, 0.25) is 0 Å². The number of alkyl halides is 1. The van der Waals surface area contributed by atoms with Crippen molar-refractivity contribution in [3.63, 3.8) is 0 Å². The van der Waals surface area contributed by atoms with Crippen LogP contribution in [0.1, 0.15) is 19.4 Å². The number of halogens is 1. The summed E-state index contributed by atoms with van der Waals surface area (Å²) in [5.41, 5.74) is 1.31. The normalized spacial score (nSPS) is 13.1. The molecule has 0 fully saturated rings. The van der Waals surface area contributed by atoms with E-state index in [-0.39, 0.29) is 16.2 Å². The molecule has 4 heteroatoms. The molecule has 0 aliphatic heterocycles. The average molecular weight is 314 g/mol. The molecular weight excluding hydrogens is 294 g/mol. The maximum Gasteiger partial charge on any atom is 0.320 e. The predicted molar refractivity (Wildman–Crippen MR) is 77.1 cm³/mol. The van der Waals surface area contributed by atoms with Crippen LogP contribution in [0.25, 0.3) is 0 Å². The Morgan fingerprint density at radius 2 is 2.00 bits per heavy atom. The Morgan fingerprint density at radius 3 is 2.56 bits per heavy atom. The van der Waals surface area contributed by atoms with Crippen LogP contribution in [-0.2, 0) is 14.9 Å². The number of hydrogen-bond donors (Lipinski definition) is 1. The fraction of sp³-hybridized carbons (Fsp3) is 0.500. The average Bonchev–Trinajstić information content (AvgIpc) is 2.38. The van der Waals surface area contributed by atoms with Crippen LogP contribution in [0.3, 0.4) is 0 Å². The van der Waals surface area contributed by atoms with Crippen molar-refractivity contribution in [2.75, 3.05) is 20.2 Å². The van der Waals surface area contributed by atoms with E-state index in [2.05, 4.69) is 52.0 Å². The molecule has 1 atom stereocenters. The van der Waals surface area contributed by atoms with E-state index in [1.165, 1.54) is 12.7 Å². The van der Waals surface area contributed by atoms with Gasteiger partial charge in [-0.25, -0.2) is 0 Å². The van der Waals surface area contributed by atoms with Gasteiger partial charge in [-0.3, -0.25) is 4.79 Å². The summed E-state index contributed by atoms with van der Waals surface area (Å²) in [6.07, 6.45) is 0. The second kappa shape index (κ2) is 6.90. The van der Waals surface area contributed by atoms with E-state index in [4.69, 9.17) is 0 Å². The predicted octanol–water partition coefficient (Wildman–Crippen LogP) is 2.49. The van der Waals surface area contributed by atoms with Crippen molar-refractivity contribution in [1.82, 2.24) is 5.32 Å². The van der Waals surface area contributed by atoms with E-state index in [9.17, 15) is 4.79 Å². The van der Waals surface area contributed by atoms with Crippen molar-refractivity contribution in [1.29, 1.82) is 0 Å². The zero-order valence-electron chi connectivity index (χ0n) is 11.1. The van der Waals surface area contributed by atoms with Crippen LogP contribution in [0, 0.1) is 0 Å². The zero-order chi connectivity index (χ0) is 13.6. The summed E-state index contributed by atoms with van der Waals surface area (Å²) in [4.78, 5) is 10.9. The highest BCUT2D eigenvalue weighted by molar-refractivity contribution is 9.10. The Morgan fingerprint density at radius 1 is 1.39 bits per heavy atom. The van der Waals surface area contributed by atoms with E-state index in [0.29, 0.717) is 6.54 Å². The van der Waals surface area contributed by atoms with E-state index in [1.807, 2.05) is 18.2 Å². The lowest BCUT2D eigenvalue weighted by molar-refractivity contribution is -0.139. The number of benzene rings is 1. The molecule has 0 spiro atoms. The number of carbonyl (C=O) groups is 1. The molecule has 1 N–H and O–H groups in total. The Balaban J connectivity index is 2.46. The summed E-state index contributed by atoms with van der Waals surface area (Å²) < 4.78 is 4.65. The molecule has 0 aromatic heterocycles. The maximum atomic E-state index is 11.2. The van der Waals surface area contributed by atoms with Crippen molar-refractivity contribution in [3.05, 3.63) is 35.9 Å². The molecule has 1 aromatic rings. The Labute approximate surface area is 117 Å². The minimum atomic E-state index is -0.297. The van der Waals surface area contributed by atoms with E-state index in [0.717, 1.165) is 6.54 Å². The summed E-state index contributed by atoms with van der Waals surface area (Å²) in [7, 11) is 1.39. The summed E-state index contributed by atoms with van der Waals surface area (Å²) in [5, 5.41) is 3.29. The van der Waals surface area contributed by atoms with Gasteiger partial charge in [0.15, 0.2) is 0 Å². The summed E-state index contributed by atoms with van der Waals surface area (Å²) >= 11 is 3.29. The van der Waals surface area contributed by atoms with Gasteiger partial charge in [-0.1, -0.05) is 60.1 Å². The van der Waals surface area contributed by atoms with Gasteiger partial charge in [0.1, 0.15) is 4.83 Å². The minimum absolute atomic E-state index is 0.0318. The van der Waals surface area contributed by atoms with Crippen molar-refractivity contribution in [3.8, 4) is 0 Å². The first-order valence-electron chi connectivity index (χ1n) is 5.95. The molecule has 0 aliphatic rings. The molecule has 0 heterocycles. The fourth-order valence-corrected chi connectivity index (χ4v) is 2.13. The van der Waals surface area contributed by atoms with Crippen molar-refractivity contribution in [2.24, 2.45) is 0 Å². The van der Waals surface area contributed by atoms with Gasteiger partial charge in [0.05, 0.1) is 7.11 Å². The molecule has 100 valence electrons. The molecule has 1 rings (SSSR count). The topological polar surface area (TPSA) is 38.3 Å². The summed E-state index contributed by atoms with van der Waals surface area (Å²) in [6.45, 7) is 5.71. The number of esters is 1. The Hall–Kier alpha value is -0.870. The first-order chi connectivity index (χ1) is 8.47. The standard InChI is InChI=1S/C14H20BrNO2/c1-14(2,11-7-5-4-6-8-11)10-16-9-12(15)13(17)18-3/h4-8,12,16H,9-10H2,1-3H3. The smallest absolute Gasteiger partial charge is 0.320 e. The number of ether oxygens (including phenoxy) is 1. The Kier molecular flexibility index (Phi) is 5.82. The highest BCUT2D eigenvalue weighted by Gasteiger charge is 2.21. The van der Waals surface area contributed by atoms with Crippen molar-refractivity contribution in [2.45, 2.75) is 24.1 Å². The van der Waals surface area contributed by atoms with Crippen LogP contribution >= 0.6 is 15.9 Å². The third-order valence-corrected chi connectivity index (χ3v) is 3.60. The summed E-state index contributed by atoms with van der Waals surface area (Å²) in [5.74, 6) is -0.250. The lowest BCUT2D eigenvalue weighted by atomic mass is 9.84. The molecule has 3 nitrogen and oxygen atoms in total. The second-order valence-corrected chi connectivity index (χ2v) is 5.98. The highest BCUT2D eigenvalue weighted by Crippen LogP contribution is 2.21. The van der Waals surface area contributed by atoms with Crippen LogP contribution in [0.4, 0.5) is 0 Å². The highest BCUT2D eigenvalue weighted by atomic mass is 79.9. The van der Waals surface area contributed by atoms with Crippen LogP contribution < -0.4 is 5.32 Å². The van der Waals surface area contributed by atoms with Gasteiger partial charge in [-0.2, -0.15) is 0 Å². The number of rotatable bonds is 6.